The van der Waals surface area contributed by atoms with Crippen molar-refractivity contribution >= 4 is 27.8 Å². The van der Waals surface area contributed by atoms with Gasteiger partial charge in [-0.15, -0.1) is 11.3 Å². The summed E-state index contributed by atoms with van der Waals surface area (Å²) in [6.07, 6.45) is 4.33. The molecule has 0 N–H and O–H groups in total. The van der Waals surface area contributed by atoms with E-state index in [-0.39, 0.29) is 0 Å². The summed E-state index contributed by atoms with van der Waals surface area (Å²) in [5.41, 5.74) is 2.98. The molecule has 1 aliphatic heterocycles. The first kappa shape index (κ1) is 20.4. The monoisotopic (exact) mass is 387 g/mol. The van der Waals surface area contributed by atoms with E-state index in [1.165, 1.54) is 55.2 Å². The first-order valence-electron chi connectivity index (χ1n) is 10.0. The molecule has 1 fully saturated rings. The Morgan fingerprint density at radius 2 is 1.74 bits per heavy atom. The Labute approximate surface area is 167 Å². The number of thiophene rings is 1. The molecule has 0 radical (unpaired) electrons. The molecule has 148 valence electrons. The topological polar surface area (TPSA) is 36.4 Å². The highest BCUT2D eigenvalue weighted by Crippen LogP contribution is 2.38. The van der Waals surface area contributed by atoms with Crippen molar-refractivity contribution in [3.05, 3.63) is 28.3 Å². The zero-order valence-electron chi connectivity index (χ0n) is 17.4. The number of pyridine rings is 1. The smallest absolute Gasteiger partial charge is 0.160 e. The van der Waals surface area contributed by atoms with Gasteiger partial charge in [0.25, 0.3) is 0 Å². The van der Waals surface area contributed by atoms with Crippen molar-refractivity contribution in [2.24, 2.45) is 11.3 Å². The lowest BCUT2D eigenvalue weighted by molar-refractivity contribution is 0.112. The predicted octanol–water partition coefficient (Wildman–Crippen LogP) is 4.12. The number of hydrogen-bond acceptors (Lipinski definition) is 5. The van der Waals surface area contributed by atoms with E-state index in [2.05, 4.69) is 50.7 Å². The standard InChI is InChI=1S/C16H19NOS.C6H14N2/c1-16(2,3)12-4-5-14-10(7-12)6-11-8-13(9-18)19-15(11)17-14;1-7-3-5-8(2)6-4-7/h6,8-9,12H,4-5,7H2,1-3H3;3-6H2,1-2H3. The molecule has 1 atom stereocenters. The van der Waals surface area contributed by atoms with Gasteiger partial charge in [0.05, 0.1) is 4.88 Å². The Hall–Kier alpha value is -1.30. The maximum atomic E-state index is 10.9. The van der Waals surface area contributed by atoms with Gasteiger partial charge in [-0.3, -0.25) is 4.79 Å². The van der Waals surface area contributed by atoms with Crippen LogP contribution in [-0.2, 0) is 12.8 Å². The molecule has 4 rings (SSSR count). The van der Waals surface area contributed by atoms with Gasteiger partial charge in [0, 0.05) is 37.3 Å². The number of likely N-dealkylation sites (N-methyl/N-ethyl adjacent to an activating group) is 2. The average Bonchev–Trinajstić information content (AvgIpc) is 3.03. The van der Waals surface area contributed by atoms with Gasteiger partial charge in [-0.2, -0.15) is 0 Å². The van der Waals surface area contributed by atoms with E-state index in [0.29, 0.717) is 5.41 Å². The Balaban J connectivity index is 0.000000221. The average molecular weight is 388 g/mol. The number of aromatic nitrogens is 1. The van der Waals surface area contributed by atoms with Gasteiger partial charge < -0.3 is 9.80 Å². The van der Waals surface area contributed by atoms with Crippen molar-refractivity contribution in [3.8, 4) is 0 Å². The van der Waals surface area contributed by atoms with Crippen molar-refractivity contribution in [2.45, 2.75) is 40.0 Å². The van der Waals surface area contributed by atoms with Crippen molar-refractivity contribution in [1.29, 1.82) is 0 Å². The molecule has 5 heteroatoms. The van der Waals surface area contributed by atoms with Crippen LogP contribution in [0.3, 0.4) is 0 Å². The minimum atomic E-state index is 0.356. The summed E-state index contributed by atoms with van der Waals surface area (Å²) >= 11 is 1.50. The maximum absolute atomic E-state index is 10.9. The summed E-state index contributed by atoms with van der Waals surface area (Å²) in [5, 5.41) is 1.13. The number of piperazine rings is 1. The molecule has 1 saturated heterocycles. The highest BCUT2D eigenvalue weighted by Gasteiger charge is 2.29. The second kappa shape index (κ2) is 8.38. The number of hydrogen-bond donors (Lipinski definition) is 0. The summed E-state index contributed by atoms with van der Waals surface area (Å²) < 4.78 is 0. The van der Waals surface area contributed by atoms with E-state index in [9.17, 15) is 4.79 Å². The predicted molar refractivity (Wildman–Crippen MR) is 115 cm³/mol. The van der Waals surface area contributed by atoms with Crippen LogP contribution in [0.5, 0.6) is 0 Å². The fraction of sp³-hybridized carbons (Fsp3) is 0.636. The van der Waals surface area contributed by atoms with Gasteiger partial charge in [0.1, 0.15) is 4.83 Å². The fourth-order valence-corrected chi connectivity index (χ4v) is 4.70. The Bertz CT molecular complexity index is 775. The first-order valence-corrected chi connectivity index (χ1v) is 10.8. The molecule has 0 spiro atoms. The molecule has 1 aliphatic carbocycles. The molecular weight excluding hydrogens is 354 g/mol. The second-order valence-corrected chi connectivity index (χ2v) is 10.2. The largest absolute Gasteiger partial charge is 0.304 e. The van der Waals surface area contributed by atoms with Gasteiger partial charge in [0.2, 0.25) is 0 Å². The van der Waals surface area contributed by atoms with E-state index in [1.807, 2.05) is 6.07 Å². The third kappa shape index (κ3) is 5.15. The molecule has 2 aromatic rings. The van der Waals surface area contributed by atoms with Crippen molar-refractivity contribution in [2.75, 3.05) is 40.3 Å². The molecule has 0 saturated carbocycles. The third-order valence-corrected chi connectivity index (χ3v) is 6.93. The number of rotatable bonds is 1. The normalized spacial score (nSPS) is 21.4. The van der Waals surface area contributed by atoms with Crippen LogP contribution in [0.25, 0.3) is 10.2 Å². The summed E-state index contributed by atoms with van der Waals surface area (Å²) in [6, 6.07) is 4.21. The van der Waals surface area contributed by atoms with Gasteiger partial charge in [0.15, 0.2) is 6.29 Å². The molecule has 4 nitrogen and oxygen atoms in total. The summed E-state index contributed by atoms with van der Waals surface area (Å²) in [5.74, 6) is 0.725. The molecule has 3 heterocycles. The van der Waals surface area contributed by atoms with E-state index in [1.54, 1.807) is 0 Å². The van der Waals surface area contributed by atoms with Gasteiger partial charge >= 0.3 is 0 Å². The number of carbonyl (C=O) groups excluding carboxylic acids is 1. The van der Waals surface area contributed by atoms with Crippen molar-refractivity contribution in [3.63, 3.8) is 0 Å². The molecular formula is C22H33N3OS. The highest BCUT2D eigenvalue weighted by molar-refractivity contribution is 7.20. The lowest BCUT2D eigenvalue weighted by Gasteiger charge is -2.34. The van der Waals surface area contributed by atoms with Crippen LogP contribution >= 0.6 is 11.3 Å². The zero-order chi connectivity index (χ0) is 19.6. The lowest BCUT2D eigenvalue weighted by atomic mass is 9.71. The number of nitrogens with zero attached hydrogens (tertiary/aromatic N) is 3. The molecule has 0 amide bonds. The lowest BCUT2D eigenvalue weighted by Crippen LogP contribution is -2.42. The SMILES string of the molecule is CC(C)(C)C1CCc2nc3sc(C=O)cc3cc2C1.CN1CCN(C)CC1. The first-order chi connectivity index (χ1) is 12.8. The molecule has 1 unspecified atom stereocenters. The Kier molecular flexibility index (Phi) is 6.34. The van der Waals surface area contributed by atoms with Crippen LogP contribution in [0, 0.1) is 11.3 Å². The van der Waals surface area contributed by atoms with Gasteiger partial charge in [-0.05, 0) is 62.4 Å². The number of fused-ring (bicyclic) bond motifs is 2. The summed E-state index contributed by atoms with van der Waals surface area (Å²) in [4.78, 5) is 22.1. The maximum Gasteiger partial charge on any atom is 0.160 e. The Morgan fingerprint density at radius 3 is 2.30 bits per heavy atom. The van der Waals surface area contributed by atoms with Crippen LogP contribution in [0.2, 0.25) is 0 Å². The van der Waals surface area contributed by atoms with E-state index in [0.717, 1.165) is 40.1 Å². The third-order valence-electron chi connectivity index (χ3n) is 5.96. The molecule has 2 aliphatic rings. The van der Waals surface area contributed by atoms with Crippen LogP contribution < -0.4 is 0 Å². The Morgan fingerprint density at radius 1 is 1.11 bits per heavy atom. The number of carbonyl (C=O) groups is 1. The minimum Gasteiger partial charge on any atom is -0.304 e. The second-order valence-electron chi connectivity index (χ2n) is 9.17. The van der Waals surface area contributed by atoms with E-state index in [4.69, 9.17) is 4.98 Å². The summed E-state index contributed by atoms with van der Waals surface area (Å²) in [7, 11) is 4.35. The van der Waals surface area contributed by atoms with Crippen molar-refractivity contribution in [1.82, 2.24) is 14.8 Å². The van der Waals surface area contributed by atoms with Crippen molar-refractivity contribution < 1.29 is 4.79 Å². The summed E-state index contributed by atoms with van der Waals surface area (Å²) in [6.45, 7) is 11.9. The minimum absolute atomic E-state index is 0.356. The number of aryl methyl sites for hydroxylation is 1. The molecule has 0 aromatic carbocycles. The van der Waals surface area contributed by atoms with Crippen LogP contribution in [0.15, 0.2) is 12.1 Å². The van der Waals surface area contributed by atoms with E-state index >= 15 is 0 Å². The van der Waals surface area contributed by atoms with Crippen LogP contribution in [0.1, 0.15) is 48.1 Å². The van der Waals surface area contributed by atoms with E-state index < -0.39 is 0 Å². The van der Waals surface area contributed by atoms with Gasteiger partial charge in [-0.1, -0.05) is 20.8 Å². The molecule has 0 bridgehead atoms. The fourth-order valence-electron chi connectivity index (χ4n) is 3.85. The highest BCUT2D eigenvalue weighted by atomic mass is 32.1. The number of aldehydes is 1. The zero-order valence-corrected chi connectivity index (χ0v) is 18.2. The molecule has 27 heavy (non-hydrogen) atoms. The van der Waals surface area contributed by atoms with Crippen LogP contribution in [0.4, 0.5) is 0 Å². The molecule has 2 aromatic heterocycles. The quantitative estimate of drug-likeness (QED) is 0.690. The van der Waals surface area contributed by atoms with Crippen LogP contribution in [-0.4, -0.2) is 61.3 Å². The van der Waals surface area contributed by atoms with Gasteiger partial charge in [-0.25, -0.2) is 4.98 Å².